The zero-order valence-electron chi connectivity index (χ0n) is 17.8. The zero-order valence-corrected chi connectivity index (χ0v) is 20.7. The van der Waals surface area contributed by atoms with Crippen molar-refractivity contribution in [2.45, 2.75) is 30.4 Å². The van der Waals surface area contributed by atoms with Crippen LogP contribution >= 0.6 is 34.4 Å². The second kappa shape index (κ2) is 11.7. The Balaban J connectivity index is 1.61. The maximum absolute atomic E-state index is 12.5. The van der Waals surface area contributed by atoms with Crippen LogP contribution in [0.3, 0.4) is 0 Å². The molecule has 0 aliphatic carbocycles. The molecule has 9 nitrogen and oxygen atoms in total. The molecular formula is C22H23IN6O3S. The van der Waals surface area contributed by atoms with E-state index in [2.05, 4.69) is 55.2 Å². The van der Waals surface area contributed by atoms with Gasteiger partial charge in [0.25, 0.3) is 5.91 Å². The first kappa shape index (κ1) is 24.6. The normalized spacial score (nSPS) is 11.9. The monoisotopic (exact) mass is 578 g/mol. The predicted octanol–water partition coefficient (Wildman–Crippen LogP) is 3.72. The van der Waals surface area contributed by atoms with Crippen LogP contribution in [0.25, 0.3) is 0 Å². The Morgan fingerprint density at radius 2 is 2.03 bits per heavy atom. The number of amides is 1. The molecule has 1 unspecified atom stereocenters. The lowest BCUT2D eigenvalue weighted by Crippen LogP contribution is -2.27. The molecule has 33 heavy (non-hydrogen) atoms. The van der Waals surface area contributed by atoms with Crippen molar-refractivity contribution in [3.63, 3.8) is 0 Å². The van der Waals surface area contributed by atoms with Crippen LogP contribution in [0.4, 0.5) is 5.69 Å². The van der Waals surface area contributed by atoms with E-state index in [4.69, 9.17) is 0 Å². The summed E-state index contributed by atoms with van der Waals surface area (Å²) in [4.78, 5) is 12.5. The van der Waals surface area contributed by atoms with Crippen molar-refractivity contribution in [3.8, 4) is 11.5 Å². The molecule has 1 amide bonds. The number of carbonyl (C=O) groups excluding carboxylic acids is 1. The third-order valence-electron chi connectivity index (χ3n) is 4.44. The molecule has 1 atom stereocenters. The fraction of sp³-hybridized carbons (Fsp3) is 0.182. The number of aromatic nitrogens is 3. The van der Waals surface area contributed by atoms with Crippen molar-refractivity contribution in [3.05, 3.63) is 70.1 Å². The summed E-state index contributed by atoms with van der Waals surface area (Å²) < 4.78 is 3.06. The van der Waals surface area contributed by atoms with Gasteiger partial charge >= 0.3 is 0 Å². The number of hydrogen-bond acceptors (Lipinski definition) is 8. The van der Waals surface area contributed by atoms with E-state index in [-0.39, 0.29) is 17.4 Å². The number of anilines is 1. The van der Waals surface area contributed by atoms with Crippen LogP contribution in [-0.4, -0.2) is 42.3 Å². The summed E-state index contributed by atoms with van der Waals surface area (Å²) in [5.74, 6) is 0.195. The molecule has 3 aromatic rings. The van der Waals surface area contributed by atoms with Gasteiger partial charge in [-0.25, -0.2) is 5.43 Å². The topological polar surface area (TPSA) is 125 Å². The molecule has 0 saturated carbocycles. The van der Waals surface area contributed by atoms with E-state index in [1.165, 1.54) is 36.2 Å². The van der Waals surface area contributed by atoms with Gasteiger partial charge in [0.05, 0.1) is 18.0 Å². The number of aromatic hydroxyl groups is 2. The molecule has 1 heterocycles. The van der Waals surface area contributed by atoms with Crippen LogP contribution in [0.2, 0.25) is 0 Å². The molecule has 1 aromatic heterocycles. The zero-order chi connectivity index (χ0) is 23.8. The van der Waals surface area contributed by atoms with Gasteiger partial charge in [0.1, 0.15) is 11.5 Å². The Morgan fingerprint density at radius 3 is 2.73 bits per heavy atom. The van der Waals surface area contributed by atoms with Gasteiger partial charge in [0.2, 0.25) is 0 Å². The Bertz CT molecular complexity index is 1150. The van der Waals surface area contributed by atoms with Crippen molar-refractivity contribution in [1.82, 2.24) is 20.2 Å². The number of halogens is 1. The number of carbonyl (C=O) groups is 1. The highest BCUT2D eigenvalue weighted by Crippen LogP contribution is 2.24. The number of allylic oxidation sites excluding steroid dienone is 1. The quantitative estimate of drug-likeness (QED) is 0.0951. The first-order valence-electron chi connectivity index (χ1n) is 9.91. The number of nitrogens with one attached hydrogen (secondary N) is 2. The fourth-order valence-corrected chi connectivity index (χ4v) is 3.94. The van der Waals surface area contributed by atoms with Crippen LogP contribution in [0.15, 0.2) is 65.4 Å². The molecule has 0 radical (unpaired) electrons. The molecule has 0 bridgehead atoms. The Hall–Kier alpha value is -3.06. The van der Waals surface area contributed by atoms with Gasteiger partial charge in [-0.15, -0.1) is 16.8 Å². The smallest absolute Gasteiger partial charge is 0.253 e. The highest BCUT2D eigenvalue weighted by atomic mass is 127. The van der Waals surface area contributed by atoms with Crippen molar-refractivity contribution >= 4 is 52.2 Å². The summed E-state index contributed by atoms with van der Waals surface area (Å²) in [5, 5.41) is 34.9. The molecule has 0 fully saturated rings. The predicted molar refractivity (Wildman–Crippen MR) is 138 cm³/mol. The summed E-state index contributed by atoms with van der Waals surface area (Å²) in [6, 6.07) is 12.1. The summed E-state index contributed by atoms with van der Waals surface area (Å²) in [5.41, 5.74) is 3.79. The summed E-state index contributed by atoms with van der Waals surface area (Å²) in [6.45, 7) is 6.52. The van der Waals surface area contributed by atoms with E-state index in [0.29, 0.717) is 23.8 Å². The molecule has 0 aliphatic rings. The minimum atomic E-state index is -0.500. The molecule has 11 heteroatoms. The summed E-state index contributed by atoms with van der Waals surface area (Å²) in [6.07, 6.45) is 3.06. The van der Waals surface area contributed by atoms with Gasteiger partial charge in [-0.3, -0.25) is 4.79 Å². The number of thioether (sulfide) groups is 1. The minimum absolute atomic E-state index is 0.0598. The molecule has 4 N–H and O–H groups in total. The van der Waals surface area contributed by atoms with Gasteiger partial charge in [-0.05, 0) is 65.9 Å². The lowest BCUT2D eigenvalue weighted by Gasteiger charge is -2.12. The Labute approximate surface area is 209 Å². The average molecular weight is 578 g/mol. The molecule has 0 spiro atoms. The number of hydrogen-bond donors (Lipinski definition) is 4. The summed E-state index contributed by atoms with van der Waals surface area (Å²) in [7, 11) is 0. The molecule has 2 aromatic carbocycles. The number of phenols is 2. The highest BCUT2D eigenvalue weighted by molar-refractivity contribution is 14.1. The standard InChI is InChI=1S/C22H23IN6O3S/c1-3-10-29-20(13-24-17-7-5-16(23)6-8-17)26-28-22(29)33-14(2)21(32)27-25-12-15-4-9-18(30)11-19(15)31/h3-9,11-12,14,24,30-31H,1,10,13H2,2H3,(H,27,32). The van der Waals surface area contributed by atoms with E-state index in [1.807, 2.05) is 28.8 Å². The second-order valence-electron chi connectivity index (χ2n) is 6.90. The second-order valence-corrected chi connectivity index (χ2v) is 9.45. The molecule has 0 aliphatic heterocycles. The number of phenolic OH excluding ortho intramolecular Hbond substituents is 2. The average Bonchev–Trinajstić information content (AvgIpc) is 3.16. The Kier molecular flexibility index (Phi) is 8.72. The Morgan fingerprint density at radius 1 is 1.27 bits per heavy atom. The van der Waals surface area contributed by atoms with Gasteiger partial charge in [0.15, 0.2) is 11.0 Å². The van der Waals surface area contributed by atoms with Gasteiger partial charge in [-0.2, -0.15) is 5.10 Å². The maximum atomic E-state index is 12.5. The van der Waals surface area contributed by atoms with E-state index < -0.39 is 5.25 Å². The van der Waals surface area contributed by atoms with Crippen molar-refractivity contribution in [1.29, 1.82) is 0 Å². The van der Waals surface area contributed by atoms with Crippen LogP contribution in [0.1, 0.15) is 18.3 Å². The first-order valence-corrected chi connectivity index (χ1v) is 11.9. The molecule has 3 rings (SSSR count). The van der Waals surface area contributed by atoms with Crippen molar-refractivity contribution in [2.24, 2.45) is 5.10 Å². The number of rotatable bonds is 10. The first-order chi connectivity index (χ1) is 15.9. The number of nitrogens with zero attached hydrogens (tertiary/aromatic N) is 4. The van der Waals surface area contributed by atoms with Gasteiger partial charge in [0, 0.05) is 27.4 Å². The molecule has 0 saturated heterocycles. The van der Waals surface area contributed by atoms with Crippen LogP contribution < -0.4 is 10.7 Å². The van der Waals surface area contributed by atoms with Crippen LogP contribution in [0.5, 0.6) is 11.5 Å². The fourth-order valence-electron chi connectivity index (χ4n) is 2.71. The van der Waals surface area contributed by atoms with E-state index in [0.717, 1.165) is 15.1 Å². The number of benzene rings is 2. The lowest BCUT2D eigenvalue weighted by molar-refractivity contribution is -0.120. The SMILES string of the molecule is C=CCn1c(CNc2ccc(I)cc2)nnc1SC(C)C(=O)NN=Cc1ccc(O)cc1O. The van der Waals surface area contributed by atoms with E-state index in [9.17, 15) is 15.0 Å². The third-order valence-corrected chi connectivity index (χ3v) is 6.24. The van der Waals surface area contributed by atoms with Gasteiger partial charge in [-0.1, -0.05) is 17.8 Å². The van der Waals surface area contributed by atoms with Crippen LogP contribution in [0, 0.1) is 3.57 Å². The van der Waals surface area contributed by atoms with Gasteiger partial charge < -0.3 is 20.1 Å². The number of hydrazone groups is 1. The molecule has 172 valence electrons. The van der Waals surface area contributed by atoms with Crippen LogP contribution in [-0.2, 0) is 17.9 Å². The van der Waals surface area contributed by atoms with E-state index >= 15 is 0 Å². The summed E-state index contributed by atoms with van der Waals surface area (Å²) >= 11 is 3.51. The lowest BCUT2D eigenvalue weighted by atomic mass is 10.2. The third kappa shape index (κ3) is 6.96. The minimum Gasteiger partial charge on any atom is -0.508 e. The van der Waals surface area contributed by atoms with Crippen molar-refractivity contribution < 1.29 is 15.0 Å². The largest absolute Gasteiger partial charge is 0.508 e. The maximum Gasteiger partial charge on any atom is 0.253 e. The molecular weight excluding hydrogens is 555 g/mol. The highest BCUT2D eigenvalue weighted by Gasteiger charge is 2.19. The van der Waals surface area contributed by atoms with E-state index in [1.54, 1.807) is 13.0 Å². The van der Waals surface area contributed by atoms with Crippen molar-refractivity contribution in [2.75, 3.05) is 5.32 Å².